The van der Waals surface area contributed by atoms with Crippen molar-refractivity contribution in [1.29, 1.82) is 0 Å². The Balaban J connectivity index is 1.57. The van der Waals surface area contributed by atoms with Crippen molar-refractivity contribution in [2.45, 2.75) is 19.4 Å². The number of likely N-dealkylation sites (tertiary alicyclic amines) is 1. The Morgan fingerprint density at radius 3 is 2.38 bits per heavy atom. The summed E-state index contributed by atoms with van der Waals surface area (Å²) in [6.45, 7) is 3.19. The maximum Gasteiger partial charge on any atom is 0.295 e. The Morgan fingerprint density at radius 2 is 1.65 bits per heavy atom. The van der Waals surface area contributed by atoms with E-state index in [2.05, 4.69) is 0 Å². The van der Waals surface area contributed by atoms with Crippen LogP contribution >= 0.6 is 0 Å². The van der Waals surface area contributed by atoms with Gasteiger partial charge in [-0.05, 0) is 42.7 Å². The van der Waals surface area contributed by atoms with Crippen LogP contribution in [0, 0.1) is 6.92 Å². The molecule has 6 heteroatoms. The molecule has 1 saturated heterocycles. The van der Waals surface area contributed by atoms with Crippen LogP contribution in [0.2, 0.25) is 0 Å². The lowest BCUT2D eigenvalue weighted by molar-refractivity contribution is -0.139. The minimum absolute atomic E-state index is 0.0820. The van der Waals surface area contributed by atoms with Crippen LogP contribution in [0.5, 0.6) is 11.5 Å². The largest absolute Gasteiger partial charge is 0.507 e. The molecule has 2 heterocycles. The Labute approximate surface area is 198 Å². The molecule has 1 fully saturated rings. The number of benzene rings is 3. The minimum Gasteiger partial charge on any atom is -0.507 e. The summed E-state index contributed by atoms with van der Waals surface area (Å²) in [5.41, 5.74) is 3.40. The number of nitrogens with zero attached hydrogens (tertiary/aromatic N) is 1. The van der Waals surface area contributed by atoms with Crippen LogP contribution in [0.3, 0.4) is 0 Å². The summed E-state index contributed by atoms with van der Waals surface area (Å²) in [6.07, 6.45) is 0.598. The number of fused-ring (bicyclic) bond motifs is 1. The van der Waals surface area contributed by atoms with Gasteiger partial charge < -0.3 is 19.5 Å². The van der Waals surface area contributed by atoms with Crippen LogP contribution in [0.15, 0.2) is 78.4 Å². The number of ether oxygens (including phenoxy) is 2. The number of aryl methyl sites for hydroxylation is 1. The molecule has 3 aromatic rings. The van der Waals surface area contributed by atoms with E-state index in [0.29, 0.717) is 43.2 Å². The van der Waals surface area contributed by atoms with Crippen molar-refractivity contribution in [3.8, 4) is 11.5 Å². The number of Topliss-reactive ketones (excluding diaryl/α,β-unsaturated/α-hetero) is 1. The molecule has 2 aliphatic heterocycles. The third kappa shape index (κ3) is 4.03. The molecule has 34 heavy (non-hydrogen) atoms. The zero-order valence-corrected chi connectivity index (χ0v) is 18.9. The van der Waals surface area contributed by atoms with Crippen LogP contribution in [0.1, 0.15) is 28.3 Å². The molecule has 1 unspecified atom stereocenters. The molecular formula is C28H25NO5. The molecule has 6 nitrogen and oxygen atoms in total. The lowest BCUT2D eigenvalue weighted by Gasteiger charge is -2.25. The normalized spacial score (nSPS) is 18.9. The summed E-state index contributed by atoms with van der Waals surface area (Å²) in [6, 6.07) is 21.8. The van der Waals surface area contributed by atoms with Gasteiger partial charge in [-0.2, -0.15) is 0 Å². The van der Waals surface area contributed by atoms with E-state index in [-0.39, 0.29) is 11.3 Å². The first-order valence-electron chi connectivity index (χ1n) is 11.3. The Bertz CT molecular complexity index is 1260. The van der Waals surface area contributed by atoms with Crippen molar-refractivity contribution >= 4 is 17.4 Å². The molecular weight excluding hydrogens is 430 g/mol. The van der Waals surface area contributed by atoms with E-state index < -0.39 is 17.7 Å². The van der Waals surface area contributed by atoms with Gasteiger partial charge in [0, 0.05) is 12.1 Å². The highest BCUT2D eigenvalue weighted by atomic mass is 16.6. The number of aliphatic hydroxyl groups is 1. The molecule has 1 amide bonds. The average Bonchev–Trinajstić information content (AvgIpc) is 3.12. The predicted octanol–water partition coefficient (Wildman–Crippen LogP) is 4.43. The molecule has 0 bridgehead atoms. The van der Waals surface area contributed by atoms with Crippen LogP contribution in [0.25, 0.3) is 5.76 Å². The van der Waals surface area contributed by atoms with Crippen LogP contribution in [-0.4, -0.2) is 41.5 Å². The van der Waals surface area contributed by atoms with Crippen molar-refractivity contribution in [3.63, 3.8) is 0 Å². The van der Waals surface area contributed by atoms with E-state index in [9.17, 15) is 14.7 Å². The van der Waals surface area contributed by atoms with E-state index in [1.165, 1.54) is 0 Å². The second kappa shape index (κ2) is 9.06. The van der Waals surface area contributed by atoms with Crippen molar-refractivity contribution < 1.29 is 24.2 Å². The van der Waals surface area contributed by atoms with Crippen molar-refractivity contribution in [2.75, 3.05) is 19.8 Å². The van der Waals surface area contributed by atoms with Crippen LogP contribution < -0.4 is 9.47 Å². The molecule has 0 aromatic heterocycles. The van der Waals surface area contributed by atoms with Gasteiger partial charge in [0.1, 0.15) is 19.0 Å². The predicted molar refractivity (Wildman–Crippen MR) is 128 cm³/mol. The van der Waals surface area contributed by atoms with E-state index in [4.69, 9.17) is 9.47 Å². The first-order chi connectivity index (χ1) is 16.5. The standard InChI is InChI=1S/C28H25NO5/c1-18-7-9-20(10-8-18)25-24(26(30)21-11-12-22-23(17-21)34-16-15-33-22)27(31)28(32)29(25)14-13-19-5-3-2-4-6-19/h2-12,17,25,30H,13-16H2,1H3. The van der Waals surface area contributed by atoms with Gasteiger partial charge in [0.05, 0.1) is 11.6 Å². The molecule has 2 aliphatic rings. The molecule has 0 aliphatic carbocycles. The first kappa shape index (κ1) is 21.8. The molecule has 1 atom stereocenters. The lowest BCUT2D eigenvalue weighted by Crippen LogP contribution is -2.31. The van der Waals surface area contributed by atoms with Gasteiger partial charge in [-0.25, -0.2) is 0 Å². The third-order valence-electron chi connectivity index (χ3n) is 6.23. The van der Waals surface area contributed by atoms with Crippen molar-refractivity contribution in [2.24, 2.45) is 0 Å². The summed E-state index contributed by atoms with van der Waals surface area (Å²) in [7, 11) is 0. The zero-order valence-electron chi connectivity index (χ0n) is 18.9. The Kier molecular flexibility index (Phi) is 5.80. The summed E-state index contributed by atoms with van der Waals surface area (Å²) in [5, 5.41) is 11.3. The number of carbonyl (C=O) groups is 2. The smallest absolute Gasteiger partial charge is 0.295 e. The number of rotatable bonds is 5. The fourth-order valence-electron chi connectivity index (χ4n) is 4.45. The van der Waals surface area contributed by atoms with Gasteiger partial charge >= 0.3 is 0 Å². The van der Waals surface area contributed by atoms with Gasteiger partial charge in [-0.3, -0.25) is 9.59 Å². The Morgan fingerprint density at radius 1 is 0.941 bits per heavy atom. The minimum atomic E-state index is -0.689. The molecule has 0 radical (unpaired) electrons. The highest BCUT2D eigenvalue weighted by Crippen LogP contribution is 2.41. The fourth-order valence-corrected chi connectivity index (χ4v) is 4.45. The molecule has 172 valence electrons. The first-order valence-corrected chi connectivity index (χ1v) is 11.3. The highest BCUT2D eigenvalue weighted by molar-refractivity contribution is 6.46. The molecule has 0 spiro atoms. The number of aliphatic hydroxyl groups excluding tert-OH is 1. The van der Waals surface area contributed by atoms with Gasteiger partial charge in [-0.1, -0.05) is 60.2 Å². The zero-order chi connectivity index (χ0) is 23.7. The molecule has 5 rings (SSSR count). The summed E-state index contributed by atoms with van der Waals surface area (Å²) >= 11 is 0. The van der Waals surface area contributed by atoms with E-state index in [1.54, 1.807) is 23.1 Å². The number of hydrogen-bond acceptors (Lipinski definition) is 5. The topological polar surface area (TPSA) is 76.1 Å². The summed E-state index contributed by atoms with van der Waals surface area (Å²) < 4.78 is 11.2. The quantitative estimate of drug-likeness (QED) is 0.350. The second-order valence-corrected chi connectivity index (χ2v) is 8.50. The number of carbonyl (C=O) groups excluding carboxylic acids is 2. The van der Waals surface area contributed by atoms with E-state index >= 15 is 0 Å². The van der Waals surface area contributed by atoms with Crippen molar-refractivity contribution in [1.82, 2.24) is 4.90 Å². The SMILES string of the molecule is Cc1ccc(C2C(=C(O)c3ccc4c(c3)OCCO4)C(=O)C(=O)N2CCc2ccccc2)cc1. The number of hydrogen-bond donors (Lipinski definition) is 1. The lowest BCUT2D eigenvalue weighted by atomic mass is 9.94. The van der Waals surface area contributed by atoms with Gasteiger partial charge in [0.2, 0.25) is 0 Å². The summed E-state index contributed by atoms with van der Waals surface area (Å²) in [5.74, 6) is -0.434. The molecule has 1 N–H and O–H groups in total. The Hall–Kier alpha value is -4.06. The summed E-state index contributed by atoms with van der Waals surface area (Å²) in [4.78, 5) is 27.9. The van der Waals surface area contributed by atoms with Gasteiger partial charge in [0.25, 0.3) is 11.7 Å². The molecule has 3 aromatic carbocycles. The maximum atomic E-state index is 13.2. The number of ketones is 1. The maximum absolute atomic E-state index is 13.2. The monoisotopic (exact) mass is 455 g/mol. The van der Waals surface area contributed by atoms with E-state index in [1.807, 2.05) is 61.5 Å². The van der Waals surface area contributed by atoms with E-state index in [0.717, 1.165) is 16.7 Å². The fraction of sp³-hybridized carbons (Fsp3) is 0.214. The van der Waals surface area contributed by atoms with Gasteiger partial charge in [0.15, 0.2) is 11.5 Å². The van der Waals surface area contributed by atoms with Gasteiger partial charge in [-0.15, -0.1) is 0 Å². The second-order valence-electron chi connectivity index (χ2n) is 8.50. The van der Waals surface area contributed by atoms with Crippen molar-refractivity contribution in [3.05, 3.63) is 101 Å². The average molecular weight is 456 g/mol. The van der Waals surface area contributed by atoms with Crippen LogP contribution in [-0.2, 0) is 16.0 Å². The third-order valence-corrected chi connectivity index (χ3v) is 6.23. The number of amides is 1. The molecule has 0 saturated carbocycles. The van der Waals surface area contributed by atoms with Crippen LogP contribution in [0.4, 0.5) is 0 Å². The highest BCUT2D eigenvalue weighted by Gasteiger charge is 2.45.